The van der Waals surface area contributed by atoms with E-state index in [1.165, 1.54) is 0 Å². The van der Waals surface area contributed by atoms with Crippen molar-refractivity contribution in [2.24, 2.45) is 5.41 Å². The quantitative estimate of drug-likeness (QED) is 0.801. The fourth-order valence-electron chi connectivity index (χ4n) is 2.72. The van der Waals surface area contributed by atoms with Gasteiger partial charge in [-0.3, -0.25) is 9.78 Å². The van der Waals surface area contributed by atoms with Crippen LogP contribution >= 0.6 is 0 Å². The third kappa shape index (κ3) is 4.52. The minimum atomic E-state index is -0.830. The predicted octanol–water partition coefficient (Wildman–Crippen LogP) is 4.77. The van der Waals surface area contributed by atoms with Crippen LogP contribution in [0.5, 0.6) is 0 Å². The summed E-state index contributed by atoms with van der Waals surface area (Å²) in [6.07, 6.45) is 9.27. The molecular weight excluding hydrogens is 286 g/mol. The third-order valence-electron chi connectivity index (χ3n) is 4.24. The Labute approximate surface area is 137 Å². The summed E-state index contributed by atoms with van der Waals surface area (Å²) in [6.45, 7) is 3.57. The van der Waals surface area contributed by atoms with E-state index in [-0.39, 0.29) is 5.92 Å². The molecule has 1 heterocycles. The number of nitrogens with zero attached hydrogens (tertiary/aromatic N) is 1. The summed E-state index contributed by atoms with van der Waals surface area (Å²) in [5.41, 5.74) is 1.31. The van der Waals surface area contributed by atoms with Crippen molar-refractivity contribution in [3.8, 4) is 0 Å². The minimum Gasteiger partial charge on any atom is -0.481 e. The first-order valence-corrected chi connectivity index (χ1v) is 7.86. The zero-order valence-electron chi connectivity index (χ0n) is 13.6. The Morgan fingerprint density at radius 3 is 2.57 bits per heavy atom. The van der Waals surface area contributed by atoms with Gasteiger partial charge in [-0.25, -0.2) is 0 Å². The van der Waals surface area contributed by atoms with Crippen LogP contribution in [0.2, 0.25) is 0 Å². The van der Waals surface area contributed by atoms with Gasteiger partial charge in [0.25, 0.3) is 0 Å². The fraction of sp³-hybridized carbons (Fsp3) is 0.300. The van der Waals surface area contributed by atoms with Gasteiger partial charge in [0.2, 0.25) is 0 Å². The Morgan fingerprint density at radius 2 is 1.96 bits per heavy atom. The zero-order valence-corrected chi connectivity index (χ0v) is 13.6. The molecule has 3 heteroatoms. The summed E-state index contributed by atoms with van der Waals surface area (Å²) in [5.74, 6) is -0.854. The van der Waals surface area contributed by atoms with E-state index in [9.17, 15) is 9.90 Å². The van der Waals surface area contributed by atoms with Gasteiger partial charge in [0.05, 0.1) is 5.41 Å². The maximum absolute atomic E-state index is 11.7. The molecule has 0 aliphatic rings. The molecule has 0 saturated heterocycles. The number of carboxylic acids is 1. The largest absolute Gasteiger partial charge is 0.481 e. The number of benzene rings is 1. The molecular formula is C20H23NO2. The molecule has 0 bridgehead atoms. The van der Waals surface area contributed by atoms with Crippen molar-refractivity contribution >= 4 is 12.0 Å². The minimum absolute atomic E-state index is 0.0749. The average molecular weight is 309 g/mol. The van der Waals surface area contributed by atoms with Crippen LogP contribution in [0.4, 0.5) is 0 Å². The normalized spacial score (nSPS) is 13.1. The van der Waals surface area contributed by atoms with Gasteiger partial charge < -0.3 is 5.11 Å². The summed E-state index contributed by atoms with van der Waals surface area (Å²) >= 11 is 0. The molecule has 3 nitrogen and oxygen atoms in total. The topological polar surface area (TPSA) is 50.2 Å². The lowest BCUT2D eigenvalue weighted by Crippen LogP contribution is -2.31. The first kappa shape index (κ1) is 16.9. The summed E-state index contributed by atoms with van der Waals surface area (Å²) in [5, 5.41) is 9.57. The number of aliphatic carboxylic acids is 1. The molecule has 2 rings (SSSR count). The van der Waals surface area contributed by atoms with Crippen molar-refractivity contribution in [1.82, 2.24) is 4.98 Å². The number of aromatic nitrogens is 1. The van der Waals surface area contributed by atoms with Gasteiger partial charge >= 0.3 is 5.97 Å². The smallest absolute Gasteiger partial charge is 0.309 e. The molecule has 0 saturated carbocycles. The molecule has 0 fully saturated rings. The fourth-order valence-corrected chi connectivity index (χ4v) is 2.72. The van der Waals surface area contributed by atoms with Gasteiger partial charge in [0, 0.05) is 18.3 Å². The van der Waals surface area contributed by atoms with E-state index in [1.807, 2.05) is 30.3 Å². The summed E-state index contributed by atoms with van der Waals surface area (Å²) < 4.78 is 0. The molecule has 0 aliphatic carbocycles. The Kier molecular flexibility index (Phi) is 5.69. The molecule has 0 aliphatic heterocycles. The molecule has 1 atom stereocenters. The lowest BCUT2D eigenvalue weighted by Gasteiger charge is -2.30. The molecule has 23 heavy (non-hydrogen) atoms. The Bertz CT molecular complexity index is 648. The summed E-state index contributed by atoms with van der Waals surface area (Å²) in [7, 11) is 0. The maximum atomic E-state index is 11.7. The van der Waals surface area contributed by atoms with Crippen LogP contribution in [0, 0.1) is 5.41 Å². The highest BCUT2D eigenvalue weighted by Gasteiger charge is 2.37. The van der Waals surface area contributed by atoms with Gasteiger partial charge in [-0.05, 0) is 43.9 Å². The van der Waals surface area contributed by atoms with Gasteiger partial charge in [0.15, 0.2) is 0 Å². The monoisotopic (exact) mass is 309 g/mol. The summed E-state index contributed by atoms with van der Waals surface area (Å²) in [4.78, 5) is 15.8. The highest BCUT2D eigenvalue weighted by molar-refractivity contribution is 5.75. The molecule has 0 amide bonds. The van der Waals surface area contributed by atoms with Gasteiger partial charge in [-0.15, -0.1) is 0 Å². The first-order chi connectivity index (χ1) is 11.0. The SMILES string of the molecule is CC(C)(C(=O)O)C(CCC=Cc1ccccc1)c1cccnc1. The second-order valence-electron chi connectivity index (χ2n) is 6.26. The highest BCUT2D eigenvalue weighted by atomic mass is 16.4. The van der Waals surface area contributed by atoms with Crippen molar-refractivity contribution in [3.05, 3.63) is 72.1 Å². The van der Waals surface area contributed by atoms with Crippen LogP contribution < -0.4 is 0 Å². The number of hydrogen-bond acceptors (Lipinski definition) is 2. The van der Waals surface area contributed by atoms with E-state index >= 15 is 0 Å². The van der Waals surface area contributed by atoms with Crippen LogP contribution in [0.3, 0.4) is 0 Å². The number of rotatable bonds is 7. The van der Waals surface area contributed by atoms with E-state index in [0.29, 0.717) is 0 Å². The van der Waals surface area contributed by atoms with Crippen LogP contribution in [-0.2, 0) is 4.79 Å². The number of carboxylic acid groups (broad SMARTS) is 1. The molecule has 120 valence electrons. The van der Waals surface area contributed by atoms with E-state index in [1.54, 1.807) is 26.2 Å². The van der Waals surface area contributed by atoms with Gasteiger partial charge in [0.1, 0.15) is 0 Å². The number of pyridine rings is 1. The lowest BCUT2D eigenvalue weighted by molar-refractivity contribution is -0.148. The molecule has 1 aromatic heterocycles. The average Bonchev–Trinajstić information content (AvgIpc) is 2.56. The van der Waals surface area contributed by atoms with Crippen molar-refractivity contribution in [1.29, 1.82) is 0 Å². The number of carbonyl (C=O) groups is 1. The highest BCUT2D eigenvalue weighted by Crippen LogP contribution is 2.39. The predicted molar refractivity (Wildman–Crippen MR) is 93.1 cm³/mol. The second-order valence-corrected chi connectivity index (χ2v) is 6.26. The Morgan fingerprint density at radius 1 is 1.22 bits per heavy atom. The molecule has 1 unspecified atom stereocenters. The van der Waals surface area contributed by atoms with Crippen molar-refractivity contribution in [2.45, 2.75) is 32.6 Å². The van der Waals surface area contributed by atoms with Crippen LogP contribution in [0.15, 0.2) is 60.9 Å². The van der Waals surface area contributed by atoms with Gasteiger partial charge in [-0.2, -0.15) is 0 Å². The maximum Gasteiger partial charge on any atom is 0.309 e. The molecule has 0 spiro atoms. The Balaban J connectivity index is 2.10. The molecule has 0 radical (unpaired) electrons. The first-order valence-electron chi connectivity index (χ1n) is 7.86. The third-order valence-corrected chi connectivity index (χ3v) is 4.24. The zero-order chi connectivity index (χ0) is 16.7. The van der Waals surface area contributed by atoms with E-state index < -0.39 is 11.4 Å². The number of hydrogen-bond donors (Lipinski definition) is 1. The standard InChI is InChI=1S/C20H23NO2/c1-20(2,19(22)23)18(17-12-8-14-21-15-17)13-7-6-11-16-9-4-3-5-10-16/h3-6,8-12,14-15,18H,7,13H2,1-2H3,(H,22,23). The summed E-state index contributed by atoms with van der Waals surface area (Å²) in [6, 6.07) is 13.9. The number of allylic oxidation sites excluding steroid dienone is 1. The Hall–Kier alpha value is -2.42. The molecule has 2 aromatic rings. The molecule has 1 N–H and O–H groups in total. The van der Waals surface area contributed by atoms with Crippen molar-refractivity contribution in [3.63, 3.8) is 0 Å². The van der Waals surface area contributed by atoms with Crippen molar-refractivity contribution in [2.75, 3.05) is 0 Å². The molecule has 1 aromatic carbocycles. The van der Waals surface area contributed by atoms with Gasteiger partial charge in [-0.1, -0.05) is 48.6 Å². The van der Waals surface area contributed by atoms with Crippen LogP contribution in [0.25, 0.3) is 6.08 Å². The van der Waals surface area contributed by atoms with E-state index in [0.717, 1.165) is 24.0 Å². The van der Waals surface area contributed by atoms with Crippen molar-refractivity contribution < 1.29 is 9.90 Å². The van der Waals surface area contributed by atoms with E-state index in [2.05, 4.69) is 29.3 Å². The van der Waals surface area contributed by atoms with Crippen LogP contribution in [-0.4, -0.2) is 16.1 Å². The van der Waals surface area contributed by atoms with Crippen LogP contribution in [0.1, 0.15) is 43.7 Å². The second kappa shape index (κ2) is 7.73. The lowest BCUT2D eigenvalue weighted by atomic mass is 9.73. The van der Waals surface area contributed by atoms with E-state index in [4.69, 9.17) is 0 Å².